The number of fused-ring (bicyclic) bond motifs is 1. The van der Waals surface area contributed by atoms with E-state index in [0.717, 1.165) is 21.3 Å². The van der Waals surface area contributed by atoms with Gasteiger partial charge in [0.15, 0.2) is 5.13 Å². The van der Waals surface area contributed by atoms with Gasteiger partial charge in [0.1, 0.15) is 6.54 Å². The van der Waals surface area contributed by atoms with Crippen molar-refractivity contribution in [2.24, 2.45) is 0 Å². The Morgan fingerprint density at radius 3 is 2.63 bits per heavy atom. The second-order valence-corrected chi connectivity index (χ2v) is 8.22. The molecule has 0 bridgehead atoms. The lowest BCUT2D eigenvalue weighted by Crippen LogP contribution is -2.39. The summed E-state index contributed by atoms with van der Waals surface area (Å²) in [5, 5.41) is 5.26. The Morgan fingerprint density at radius 2 is 1.90 bits per heavy atom. The number of nitrogens with one attached hydrogen (secondary N) is 1. The van der Waals surface area contributed by atoms with E-state index in [1.807, 2.05) is 63.2 Å². The van der Waals surface area contributed by atoms with Crippen LogP contribution in [-0.2, 0) is 9.53 Å². The molecule has 3 aromatic rings. The predicted octanol–water partition coefficient (Wildman–Crippen LogP) is 4.42. The molecule has 0 saturated carbocycles. The highest BCUT2D eigenvalue weighted by Crippen LogP contribution is 2.22. The van der Waals surface area contributed by atoms with Gasteiger partial charge in [0.2, 0.25) is 5.91 Å². The number of amides is 2. The monoisotopic (exact) mass is 425 g/mol. The molecule has 0 radical (unpaired) electrons. The number of anilines is 1. The van der Waals surface area contributed by atoms with Crippen LogP contribution in [0.15, 0.2) is 42.5 Å². The van der Waals surface area contributed by atoms with Crippen molar-refractivity contribution in [1.29, 1.82) is 0 Å². The summed E-state index contributed by atoms with van der Waals surface area (Å²) in [5.74, 6) is -0.418. The standard InChI is InChI=1S/C23H27N3O3S/c1-4-29-14-8-13-26(15-21(27)25-23-24-16(2)17(3)30-23)22(28)20-12-7-10-18-9-5-6-11-19(18)20/h5-7,9-12H,4,8,13-15H2,1-3H3,(H,24,25,27). The number of ether oxygens (including phenoxy) is 1. The molecule has 1 aromatic heterocycles. The van der Waals surface area contributed by atoms with Crippen molar-refractivity contribution in [2.45, 2.75) is 27.2 Å². The number of carbonyl (C=O) groups is 2. The fourth-order valence-electron chi connectivity index (χ4n) is 3.19. The molecule has 0 aliphatic rings. The summed E-state index contributed by atoms with van der Waals surface area (Å²) in [4.78, 5) is 33.0. The van der Waals surface area contributed by atoms with E-state index in [0.29, 0.717) is 36.9 Å². The Morgan fingerprint density at radius 1 is 1.13 bits per heavy atom. The molecule has 7 heteroatoms. The third kappa shape index (κ3) is 5.43. The summed E-state index contributed by atoms with van der Waals surface area (Å²) in [7, 11) is 0. The molecule has 0 aliphatic heterocycles. The van der Waals surface area contributed by atoms with E-state index in [1.165, 1.54) is 11.3 Å². The van der Waals surface area contributed by atoms with Gasteiger partial charge in [-0.05, 0) is 44.0 Å². The van der Waals surface area contributed by atoms with Crippen molar-refractivity contribution in [3.05, 3.63) is 58.6 Å². The number of rotatable bonds is 9. The average Bonchev–Trinajstić information content (AvgIpc) is 3.05. The fraction of sp³-hybridized carbons (Fsp3) is 0.348. The van der Waals surface area contributed by atoms with Crippen molar-refractivity contribution >= 4 is 39.1 Å². The molecule has 6 nitrogen and oxygen atoms in total. The molecule has 0 fully saturated rings. The molecule has 2 aromatic carbocycles. The molecule has 0 atom stereocenters. The lowest BCUT2D eigenvalue weighted by molar-refractivity contribution is -0.116. The number of hydrogen-bond acceptors (Lipinski definition) is 5. The molecule has 0 saturated heterocycles. The van der Waals surface area contributed by atoms with E-state index < -0.39 is 0 Å². The van der Waals surface area contributed by atoms with E-state index >= 15 is 0 Å². The Labute approximate surface area is 180 Å². The summed E-state index contributed by atoms with van der Waals surface area (Å²) >= 11 is 1.43. The van der Waals surface area contributed by atoms with Crippen LogP contribution < -0.4 is 5.32 Å². The maximum absolute atomic E-state index is 13.4. The van der Waals surface area contributed by atoms with Gasteiger partial charge in [-0.15, -0.1) is 11.3 Å². The molecule has 1 N–H and O–H groups in total. The first-order valence-electron chi connectivity index (χ1n) is 10.1. The summed E-state index contributed by atoms with van der Waals surface area (Å²) in [6.07, 6.45) is 0.660. The maximum atomic E-state index is 13.4. The second-order valence-electron chi connectivity index (χ2n) is 7.01. The molecule has 2 amide bonds. The van der Waals surface area contributed by atoms with Crippen LogP contribution in [0.1, 0.15) is 34.3 Å². The molecule has 0 spiro atoms. The minimum absolute atomic E-state index is 0.0359. The molecule has 30 heavy (non-hydrogen) atoms. The lowest BCUT2D eigenvalue weighted by Gasteiger charge is -2.23. The predicted molar refractivity (Wildman–Crippen MR) is 121 cm³/mol. The van der Waals surface area contributed by atoms with Crippen LogP contribution in [0.5, 0.6) is 0 Å². The molecule has 1 heterocycles. The van der Waals surface area contributed by atoms with Gasteiger partial charge in [-0.3, -0.25) is 9.59 Å². The number of hydrogen-bond donors (Lipinski definition) is 1. The number of aromatic nitrogens is 1. The average molecular weight is 426 g/mol. The van der Waals surface area contributed by atoms with E-state index in [9.17, 15) is 9.59 Å². The second kappa shape index (κ2) is 10.3. The summed E-state index contributed by atoms with van der Waals surface area (Å²) in [5.41, 5.74) is 1.49. The van der Waals surface area contributed by atoms with Gasteiger partial charge < -0.3 is 15.0 Å². The van der Waals surface area contributed by atoms with Crippen molar-refractivity contribution < 1.29 is 14.3 Å². The summed E-state index contributed by atoms with van der Waals surface area (Å²) < 4.78 is 5.41. The van der Waals surface area contributed by atoms with Crippen LogP contribution in [0.4, 0.5) is 5.13 Å². The quantitative estimate of drug-likeness (QED) is 0.515. The Bertz CT molecular complexity index is 1010. The van der Waals surface area contributed by atoms with Crippen molar-refractivity contribution in [1.82, 2.24) is 9.88 Å². The highest BCUT2D eigenvalue weighted by atomic mass is 32.1. The normalized spacial score (nSPS) is 10.9. The first-order chi connectivity index (χ1) is 14.5. The first-order valence-corrected chi connectivity index (χ1v) is 10.9. The van der Waals surface area contributed by atoms with E-state index in [4.69, 9.17) is 4.74 Å². The van der Waals surface area contributed by atoms with Crippen LogP contribution in [-0.4, -0.2) is 48.0 Å². The number of carbonyl (C=O) groups excluding carboxylic acids is 2. The van der Waals surface area contributed by atoms with Crippen LogP contribution in [0.3, 0.4) is 0 Å². The van der Waals surface area contributed by atoms with E-state index in [1.54, 1.807) is 4.90 Å². The zero-order valence-electron chi connectivity index (χ0n) is 17.6. The highest BCUT2D eigenvalue weighted by Gasteiger charge is 2.21. The van der Waals surface area contributed by atoms with Gasteiger partial charge in [0.05, 0.1) is 5.69 Å². The van der Waals surface area contributed by atoms with E-state index in [-0.39, 0.29) is 18.4 Å². The van der Waals surface area contributed by atoms with Gasteiger partial charge >= 0.3 is 0 Å². The SMILES string of the molecule is CCOCCCN(CC(=O)Nc1nc(C)c(C)s1)C(=O)c1cccc2ccccc12. The fourth-order valence-corrected chi connectivity index (χ4v) is 4.03. The van der Waals surface area contributed by atoms with Gasteiger partial charge in [0, 0.05) is 30.2 Å². The largest absolute Gasteiger partial charge is 0.382 e. The summed E-state index contributed by atoms with van der Waals surface area (Å²) in [6.45, 7) is 7.38. The molecule has 3 rings (SSSR count). The topological polar surface area (TPSA) is 71.5 Å². The molecule has 0 aliphatic carbocycles. The van der Waals surface area contributed by atoms with Crippen molar-refractivity contribution in [3.8, 4) is 0 Å². The Kier molecular flexibility index (Phi) is 7.54. The highest BCUT2D eigenvalue weighted by molar-refractivity contribution is 7.15. The third-order valence-electron chi connectivity index (χ3n) is 4.84. The molecular weight excluding hydrogens is 398 g/mol. The first kappa shape index (κ1) is 21.9. The zero-order chi connectivity index (χ0) is 21.5. The Balaban J connectivity index is 1.78. The zero-order valence-corrected chi connectivity index (χ0v) is 18.4. The number of benzene rings is 2. The van der Waals surface area contributed by atoms with Crippen molar-refractivity contribution in [2.75, 3.05) is 31.6 Å². The minimum Gasteiger partial charge on any atom is -0.382 e. The van der Waals surface area contributed by atoms with Crippen molar-refractivity contribution in [3.63, 3.8) is 0 Å². The van der Waals surface area contributed by atoms with Gasteiger partial charge in [0.25, 0.3) is 5.91 Å². The Hall–Kier alpha value is -2.77. The maximum Gasteiger partial charge on any atom is 0.254 e. The number of nitrogens with zero attached hydrogens (tertiary/aromatic N) is 2. The van der Waals surface area contributed by atoms with Crippen LogP contribution >= 0.6 is 11.3 Å². The van der Waals surface area contributed by atoms with Gasteiger partial charge in [-0.1, -0.05) is 36.4 Å². The van der Waals surface area contributed by atoms with Crippen LogP contribution in [0.25, 0.3) is 10.8 Å². The minimum atomic E-state index is -0.256. The van der Waals surface area contributed by atoms with Crippen LogP contribution in [0.2, 0.25) is 0 Å². The van der Waals surface area contributed by atoms with Gasteiger partial charge in [-0.2, -0.15) is 0 Å². The molecular formula is C23H27N3O3S. The van der Waals surface area contributed by atoms with E-state index in [2.05, 4.69) is 10.3 Å². The third-order valence-corrected chi connectivity index (χ3v) is 5.83. The summed E-state index contributed by atoms with van der Waals surface area (Å²) in [6, 6.07) is 13.4. The number of aryl methyl sites for hydroxylation is 2. The van der Waals surface area contributed by atoms with Gasteiger partial charge in [-0.25, -0.2) is 4.98 Å². The molecule has 0 unspecified atom stereocenters. The smallest absolute Gasteiger partial charge is 0.254 e. The lowest BCUT2D eigenvalue weighted by atomic mass is 10.0. The van der Waals surface area contributed by atoms with Crippen LogP contribution in [0, 0.1) is 13.8 Å². The molecule has 158 valence electrons. The number of thiazole rings is 1.